The zero-order valence-corrected chi connectivity index (χ0v) is 14.0. The van der Waals surface area contributed by atoms with Gasteiger partial charge in [-0.25, -0.2) is 9.78 Å². The molecule has 0 spiro atoms. The first-order valence-electron chi connectivity index (χ1n) is 7.41. The third kappa shape index (κ3) is 5.45. The van der Waals surface area contributed by atoms with Gasteiger partial charge in [0.1, 0.15) is 11.6 Å². The van der Waals surface area contributed by atoms with E-state index in [-0.39, 0.29) is 6.03 Å². The molecule has 0 unspecified atom stereocenters. The number of pyridine rings is 1. The van der Waals surface area contributed by atoms with E-state index in [9.17, 15) is 4.79 Å². The van der Waals surface area contributed by atoms with E-state index in [0.29, 0.717) is 24.0 Å². The Labute approximate surface area is 141 Å². The van der Waals surface area contributed by atoms with Crippen molar-refractivity contribution in [2.75, 3.05) is 18.5 Å². The number of benzene rings is 1. The van der Waals surface area contributed by atoms with Crippen molar-refractivity contribution in [2.24, 2.45) is 0 Å². The number of halogens is 1. The SMILES string of the molecule is Cc1cccc(C)c1OCCCNC(=O)Nc1ccc(Cl)cn1. The summed E-state index contributed by atoms with van der Waals surface area (Å²) < 4.78 is 5.78. The highest BCUT2D eigenvalue weighted by Crippen LogP contribution is 2.22. The molecular weight excluding hydrogens is 314 g/mol. The number of carbonyl (C=O) groups is 1. The fourth-order valence-corrected chi connectivity index (χ4v) is 2.20. The van der Waals surface area contributed by atoms with E-state index in [0.717, 1.165) is 23.3 Å². The molecule has 1 aromatic carbocycles. The quantitative estimate of drug-likeness (QED) is 0.787. The Morgan fingerprint density at radius 1 is 1.22 bits per heavy atom. The number of carbonyl (C=O) groups excluding carboxylic acids is 1. The molecule has 2 rings (SSSR count). The van der Waals surface area contributed by atoms with Crippen molar-refractivity contribution >= 4 is 23.4 Å². The smallest absolute Gasteiger partial charge is 0.320 e. The Hall–Kier alpha value is -2.27. The number of anilines is 1. The number of nitrogens with zero attached hydrogens (tertiary/aromatic N) is 1. The number of ether oxygens (including phenoxy) is 1. The Bertz CT molecular complexity index is 639. The van der Waals surface area contributed by atoms with Gasteiger partial charge in [0.05, 0.1) is 11.6 Å². The molecule has 1 aromatic heterocycles. The highest BCUT2D eigenvalue weighted by Gasteiger charge is 2.04. The lowest BCUT2D eigenvalue weighted by molar-refractivity contribution is 0.250. The molecule has 0 fully saturated rings. The molecule has 0 aliphatic rings. The number of rotatable bonds is 6. The number of para-hydroxylation sites is 1. The third-order valence-corrected chi connectivity index (χ3v) is 3.45. The Kier molecular flexibility index (Phi) is 6.23. The topological polar surface area (TPSA) is 63.2 Å². The summed E-state index contributed by atoms with van der Waals surface area (Å²) in [6, 6.07) is 9.06. The fraction of sp³-hybridized carbons (Fsp3) is 0.294. The van der Waals surface area contributed by atoms with Crippen LogP contribution >= 0.6 is 11.6 Å². The molecule has 6 heteroatoms. The predicted molar refractivity (Wildman–Crippen MR) is 92.3 cm³/mol. The molecule has 0 saturated heterocycles. The van der Waals surface area contributed by atoms with Crippen LogP contribution in [0.1, 0.15) is 17.5 Å². The summed E-state index contributed by atoms with van der Waals surface area (Å²) in [6.07, 6.45) is 2.20. The molecule has 2 amide bonds. The van der Waals surface area contributed by atoms with Crippen molar-refractivity contribution in [3.63, 3.8) is 0 Å². The number of urea groups is 1. The highest BCUT2D eigenvalue weighted by atomic mass is 35.5. The minimum absolute atomic E-state index is 0.299. The summed E-state index contributed by atoms with van der Waals surface area (Å²) in [5, 5.41) is 5.92. The lowest BCUT2D eigenvalue weighted by Gasteiger charge is -2.12. The summed E-state index contributed by atoms with van der Waals surface area (Å²) in [7, 11) is 0. The van der Waals surface area contributed by atoms with Crippen molar-refractivity contribution in [2.45, 2.75) is 20.3 Å². The van der Waals surface area contributed by atoms with Gasteiger partial charge in [-0.1, -0.05) is 29.8 Å². The Morgan fingerprint density at radius 2 is 1.96 bits per heavy atom. The zero-order chi connectivity index (χ0) is 16.7. The fourth-order valence-electron chi connectivity index (χ4n) is 2.09. The van der Waals surface area contributed by atoms with E-state index in [1.54, 1.807) is 12.1 Å². The second kappa shape index (κ2) is 8.39. The van der Waals surface area contributed by atoms with Gasteiger partial charge in [-0.2, -0.15) is 0 Å². The van der Waals surface area contributed by atoms with E-state index in [2.05, 4.69) is 15.6 Å². The van der Waals surface area contributed by atoms with Crippen LogP contribution in [0.2, 0.25) is 5.02 Å². The zero-order valence-electron chi connectivity index (χ0n) is 13.2. The molecule has 0 aliphatic heterocycles. The largest absolute Gasteiger partial charge is 0.493 e. The van der Waals surface area contributed by atoms with Crippen LogP contribution in [0.3, 0.4) is 0 Å². The van der Waals surface area contributed by atoms with Crippen LogP contribution in [0.4, 0.5) is 10.6 Å². The summed E-state index contributed by atoms with van der Waals surface area (Å²) in [6.45, 7) is 5.11. The maximum absolute atomic E-state index is 11.7. The molecule has 23 heavy (non-hydrogen) atoms. The Morgan fingerprint density at radius 3 is 2.61 bits per heavy atom. The second-order valence-electron chi connectivity index (χ2n) is 5.17. The summed E-state index contributed by atoms with van der Waals surface area (Å²) in [4.78, 5) is 15.7. The van der Waals surface area contributed by atoms with Crippen molar-refractivity contribution in [3.05, 3.63) is 52.7 Å². The lowest BCUT2D eigenvalue weighted by Crippen LogP contribution is -2.30. The van der Waals surface area contributed by atoms with Crippen LogP contribution < -0.4 is 15.4 Å². The molecule has 5 nitrogen and oxygen atoms in total. The van der Waals surface area contributed by atoms with Gasteiger partial charge in [-0.3, -0.25) is 5.32 Å². The molecule has 0 aliphatic carbocycles. The molecule has 1 heterocycles. The van der Waals surface area contributed by atoms with Crippen molar-refractivity contribution in [1.82, 2.24) is 10.3 Å². The average Bonchev–Trinajstić information content (AvgIpc) is 2.52. The van der Waals surface area contributed by atoms with Gasteiger partial charge in [-0.05, 0) is 43.5 Å². The summed E-state index contributed by atoms with van der Waals surface area (Å²) in [5.41, 5.74) is 2.23. The summed E-state index contributed by atoms with van der Waals surface area (Å²) >= 11 is 5.73. The molecule has 0 bridgehead atoms. The number of hydrogen-bond donors (Lipinski definition) is 2. The highest BCUT2D eigenvalue weighted by molar-refractivity contribution is 6.30. The van der Waals surface area contributed by atoms with Gasteiger partial charge in [0, 0.05) is 12.7 Å². The van der Waals surface area contributed by atoms with Gasteiger partial charge in [0.15, 0.2) is 0 Å². The molecule has 0 atom stereocenters. The molecule has 0 radical (unpaired) electrons. The average molecular weight is 334 g/mol. The number of aromatic nitrogens is 1. The molecule has 2 N–H and O–H groups in total. The van der Waals surface area contributed by atoms with Crippen LogP contribution in [0.25, 0.3) is 0 Å². The first kappa shape index (κ1) is 17.1. The molecule has 0 saturated carbocycles. The van der Waals surface area contributed by atoms with E-state index in [4.69, 9.17) is 16.3 Å². The maximum atomic E-state index is 11.7. The first-order chi connectivity index (χ1) is 11.1. The van der Waals surface area contributed by atoms with Gasteiger partial charge < -0.3 is 10.1 Å². The van der Waals surface area contributed by atoms with Gasteiger partial charge >= 0.3 is 6.03 Å². The van der Waals surface area contributed by atoms with Gasteiger partial charge in [0.25, 0.3) is 0 Å². The van der Waals surface area contributed by atoms with E-state index < -0.39 is 0 Å². The van der Waals surface area contributed by atoms with Gasteiger partial charge in [-0.15, -0.1) is 0 Å². The number of hydrogen-bond acceptors (Lipinski definition) is 3. The maximum Gasteiger partial charge on any atom is 0.320 e. The van der Waals surface area contributed by atoms with E-state index >= 15 is 0 Å². The lowest BCUT2D eigenvalue weighted by atomic mass is 10.1. The standard InChI is InChI=1S/C17H20ClN3O2/c1-12-5-3-6-13(2)16(12)23-10-4-9-19-17(22)21-15-8-7-14(18)11-20-15/h3,5-8,11H,4,9-10H2,1-2H3,(H2,19,20,21,22). The second-order valence-corrected chi connectivity index (χ2v) is 5.60. The molecule has 2 aromatic rings. The predicted octanol–water partition coefficient (Wildman–Crippen LogP) is 3.94. The normalized spacial score (nSPS) is 10.2. The van der Waals surface area contributed by atoms with Crippen LogP contribution in [0.5, 0.6) is 5.75 Å². The van der Waals surface area contributed by atoms with Crippen molar-refractivity contribution < 1.29 is 9.53 Å². The number of aryl methyl sites for hydroxylation is 2. The van der Waals surface area contributed by atoms with E-state index in [1.807, 2.05) is 32.0 Å². The van der Waals surface area contributed by atoms with Crippen LogP contribution in [-0.2, 0) is 0 Å². The number of nitrogens with one attached hydrogen (secondary N) is 2. The van der Waals surface area contributed by atoms with Crippen LogP contribution in [0, 0.1) is 13.8 Å². The molecule has 122 valence electrons. The monoisotopic (exact) mass is 333 g/mol. The van der Waals surface area contributed by atoms with Gasteiger partial charge in [0.2, 0.25) is 0 Å². The van der Waals surface area contributed by atoms with Crippen LogP contribution in [-0.4, -0.2) is 24.2 Å². The van der Waals surface area contributed by atoms with Crippen molar-refractivity contribution in [1.29, 1.82) is 0 Å². The number of amides is 2. The molecular formula is C17H20ClN3O2. The van der Waals surface area contributed by atoms with Crippen molar-refractivity contribution in [3.8, 4) is 5.75 Å². The van der Waals surface area contributed by atoms with E-state index in [1.165, 1.54) is 6.20 Å². The summed E-state index contributed by atoms with van der Waals surface area (Å²) in [5.74, 6) is 1.38. The first-order valence-corrected chi connectivity index (χ1v) is 7.79. The van der Waals surface area contributed by atoms with Crippen LogP contribution in [0.15, 0.2) is 36.5 Å². The minimum Gasteiger partial charge on any atom is -0.493 e. The minimum atomic E-state index is -0.299. The third-order valence-electron chi connectivity index (χ3n) is 3.23. The Balaban J connectivity index is 1.67.